The Bertz CT molecular complexity index is 349. The van der Waals surface area contributed by atoms with Crippen molar-refractivity contribution in [2.45, 2.75) is 19.8 Å². The van der Waals surface area contributed by atoms with Crippen LogP contribution in [0.2, 0.25) is 10.0 Å². The van der Waals surface area contributed by atoms with E-state index in [1.54, 1.807) is 13.2 Å². The predicted octanol–water partition coefficient (Wildman–Crippen LogP) is 3.56. The molecule has 2 nitrogen and oxygen atoms in total. The van der Waals surface area contributed by atoms with Crippen molar-refractivity contribution >= 4 is 23.2 Å². The van der Waals surface area contributed by atoms with Gasteiger partial charge in [0.15, 0.2) is 0 Å². The third-order valence-corrected chi connectivity index (χ3v) is 3.59. The fourth-order valence-corrected chi connectivity index (χ4v) is 2.03. The van der Waals surface area contributed by atoms with Crippen molar-refractivity contribution in [3.63, 3.8) is 0 Å². The highest BCUT2D eigenvalue weighted by Crippen LogP contribution is 2.35. The van der Waals surface area contributed by atoms with Crippen molar-refractivity contribution in [2.75, 3.05) is 13.7 Å². The maximum Gasteiger partial charge on any atom is 0.138 e. The van der Waals surface area contributed by atoms with Crippen LogP contribution in [-0.2, 0) is 6.42 Å². The van der Waals surface area contributed by atoms with E-state index in [1.807, 2.05) is 13.0 Å². The molecule has 0 saturated carbocycles. The van der Waals surface area contributed by atoms with Crippen LogP contribution in [0.5, 0.6) is 5.75 Å². The summed E-state index contributed by atoms with van der Waals surface area (Å²) in [6, 6.07) is 3.69. The molecule has 0 aliphatic heterocycles. The van der Waals surface area contributed by atoms with Crippen molar-refractivity contribution in [1.29, 1.82) is 0 Å². The Kier molecular flexibility index (Phi) is 5.39. The second-order valence-corrected chi connectivity index (χ2v) is 4.47. The average Bonchev–Trinajstić information content (AvgIpc) is 2.31. The standard InChI is InChI=1S/C12H16Cl2O2/c1-3-8(7-15)6-9-4-5-10(16-2)12(14)11(9)13/h4-5,8,15H,3,6-7H2,1-2H3. The Hall–Kier alpha value is -0.440. The Labute approximate surface area is 106 Å². The molecule has 0 saturated heterocycles. The number of aliphatic hydroxyl groups is 1. The predicted molar refractivity (Wildman–Crippen MR) is 67.6 cm³/mol. The minimum absolute atomic E-state index is 0.163. The summed E-state index contributed by atoms with van der Waals surface area (Å²) in [4.78, 5) is 0. The zero-order valence-electron chi connectivity index (χ0n) is 9.46. The van der Waals surface area contributed by atoms with Crippen molar-refractivity contribution in [3.8, 4) is 5.75 Å². The van der Waals surface area contributed by atoms with Gasteiger partial charge in [0.25, 0.3) is 0 Å². The molecular formula is C12H16Cl2O2. The van der Waals surface area contributed by atoms with Crippen LogP contribution in [0.3, 0.4) is 0 Å². The van der Waals surface area contributed by atoms with E-state index in [9.17, 15) is 0 Å². The summed E-state index contributed by atoms with van der Waals surface area (Å²) < 4.78 is 5.07. The van der Waals surface area contributed by atoms with Gasteiger partial charge in [0.05, 0.1) is 12.1 Å². The summed E-state index contributed by atoms with van der Waals surface area (Å²) in [6.45, 7) is 2.20. The molecule has 0 radical (unpaired) electrons. The lowest BCUT2D eigenvalue weighted by Gasteiger charge is -2.14. The molecule has 1 unspecified atom stereocenters. The summed E-state index contributed by atoms with van der Waals surface area (Å²) in [5.41, 5.74) is 0.952. The van der Waals surface area contributed by atoms with Crippen molar-refractivity contribution in [2.24, 2.45) is 5.92 Å². The first kappa shape index (κ1) is 13.6. The first-order valence-corrected chi connectivity index (χ1v) is 6.01. The molecular weight excluding hydrogens is 247 g/mol. The lowest BCUT2D eigenvalue weighted by atomic mass is 9.98. The number of ether oxygens (including phenoxy) is 1. The second kappa shape index (κ2) is 6.33. The third-order valence-electron chi connectivity index (χ3n) is 2.69. The van der Waals surface area contributed by atoms with Gasteiger partial charge in [-0.15, -0.1) is 0 Å². The van der Waals surface area contributed by atoms with E-state index in [2.05, 4.69) is 0 Å². The van der Waals surface area contributed by atoms with Gasteiger partial charge < -0.3 is 9.84 Å². The lowest BCUT2D eigenvalue weighted by Crippen LogP contribution is -2.08. The molecule has 1 rings (SSSR count). The molecule has 0 bridgehead atoms. The van der Waals surface area contributed by atoms with E-state index in [-0.39, 0.29) is 12.5 Å². The molecule has 0 fully saturated rings. The molecule has 4 heteroatoms. The van der Waals surface area contributed by atoms with Gasteiger partial charge in [-0.1, -0.05) is 42.6 Å². The fraction of sp³-hybridized carbons (Fsp3) is 0.500. The highest BCUT2D eigenvalue weighted by atomic mass is 35.5. The average molecular weight is 263 g/mol. The Morgan fingerprint density at radius 1 is 1.31 bits per heavy atom. The highest BCUT2D eigenvalue weighted by Gasteiger charge is 2.13. The summed E-state index contributed by atoms with van der Waals surface area (Å²) in [5, 5.41) is 10.1. The van der Waals surface area contributed by atoms with Gasteiger partial charge in [-0.25, -0.2) is 0 Å². The van der Waals surface area contributed by atoms with Crippen LogP contribution in [0.4, 0.5) is 0 Å². The second-order valence-electron chi connectivity index (χ2n) is 3.72. The van der Waals surface area contributed by atoms with E-state index < -0.39 is 0 Å². The quantitative estimate of drug-likeness (QED) is 0.880. The number of halogens is 2. The lowest BCUT2D eigenvalue weighted by molar-refractivity contribution is 0.222. The molecule has 0 aromatic heterocycles. The summed E-state index contributed by atoms with van der Waals surface area (Å²) in [7, 11) is 1.56. The number of hydrogen-bond acceptors (Lipinski definition) is 2. The van der Waals surface area contributed by atoms with Crippen LogP contribution in [0.25, 0.3) is 0 Å². The van der Waals surface area contributed by atoms with E-state index in [1.165, 1.54) is 0 Å². The van der Waals surface area contributed by atoms with Gasteiger partial charge in [0.2, 0.25) is 0 Å². The number of hydrogen-bond donors (Lipinski definition) is 1. The van der Waals surface area contributed by atoms with Crippen LogP contribution >= 0.6 is 23.2 Å². The monoisotopic (exact) mass is 262 g/mol. The molecule has 0 spiro atoms. The molecule has 0 amide bonds. The maximum absolute atomic E-state index is 9.15. The number of methoxy groups -OCH3 is 1. The summed E-state index contributed by atoms with van der Waals surface area (Å²) in [5.74, 6) is 0.800. The van der Waals surface area contributed by atoms with Crippen molar-refractivity contribution < 1.29 is 9.84 Å². The van der Waals surface area contributed by atoms with Crippen LogP contribution in [0.1, 0.15) is 18.9 Å². The molecule has 16 heavy (non-hydrogen) atoms. The normalized spacial score (nSPS) is 12.6. The van der Waals surface area contributed by atoms with Gasteiger partial charge >= 0.3 is 0 Å². The highest BCUT2D eigenvalue weighted by molar-refractivity contribution is 6.43. The van der Waals surface area contributed by atoms with E-state index >= 15 is 0 Å². The maximum atomic E-state index is 9.15. The zero-order valence-corrected chi connectivity index (χ0v) is 11.0. The largest absolute Gasteiger partial charge is 0.495 e. The Morgan fingerprint density at radius 3 is 2.50 bits per heavy atom. The van der Waals surface area contributed by atoms with Crippen LogP contribution < -0.4 is 4.74 Å². The first-order chi connectivity index (χ1) is 7.63. The molecule has 0 aliphatic carbocycles. The number of benzene rings is 1. The van der Waals surface area contributed by atoms with Gasteiger partial charge in [-0.2, -0.15) is 0 Å². The molecule has 1 aromatic carbocycles. The first-order valence-electron chi connectivity index (χ1n) is 5.25. The van der Waals surface area contributed by atoms with Crippen LogP contribution in [0.15, 0.2) is 12.1 Å². The molecule has 90 valence electrons. The van der Waals surface area contributed by atoms with E-state index in [0.717, 1.165) is 18.4 Å². The zero-order chi connectivity index (χ0) is 12.1. The molecule has 1 N–H and O–H groups in total. The SMILES string of the molecule is CCC(CO)Cc1ccc(OC)c(Cl)c1Cl. The minimum Gasteiger partial charge on any atom is -0.495 e. The van der Waals surface area contributed by atoms with Crippen molar-refractivity contribution in [1.82, 2.24) is 0 Å². The number of aliphatic hydroxyl groups excluding tert-OH is 1. The Balaban J connectivity index is 2.94. The van der Waals surface area contributed by atoms with E-state index in [4.69, 9.17) is 33.0 Å². The molecule has 0 aliphatic rings. The molecule has 1 aromatic rings. The summed E-state index contributed by atoms with van der Waals surface area (Å²) in [6.07, 6.45) is 1.64. The topological polar surface area (TPSA) is 29.5 Å². The van der Waals surface area contributed by atoms with Gasteiger partial charge in [-0.3, -0.25) is 0 Å². The van der Waals surface area contributed by atoms with Gasteiger partial charge in [-0.05, 0) is 24.0 Å². The number of rotatable bonds is 5. The van der Waals surface area contributed by atoms with Gasteiger partial charge in [0.1, 0.15) is 10.8 Å². The van der Waals surface area contributed by atoms with E-state index in [0.29, 0.717) is 15.8 Å². The molecule has 0 heterocycles. The van der Waals surface area contributed by atoms with Gasteiger partial charge in [0, 0.05) is 6.61 Å². The minimum atomic E-state index is 0.163. The van der Waals surface area contributed by atoms with Crippen LogP contribution in [0, 0.1) is 5.92 Å². The fourth-order valence-electron chi connectivity index (χ4n) is 1.54. The summed E-state index contributed by atoms with van der Waals surface area (Å²) >= 11 is 12.2. The molecule has 1 atom stereocenters. The van der Waals surface area contributed by atoms with Crippen molar-refractivity contribution in [3.05, 3.63) is 27.7 Å². The van der Waals surface area contributed by atoms with Crippen LogP contribution in [-0.4, -0.2) is 18.8 Å². The smallest absolute Gasteiger partial charge is 0.138 e. The third kappa shape index (κ3) is 3.03. The Morgan fingerprint density at radius 2 is 2.00 bits per heavy atom.